The molecule has 0 saturated heterocycles. The average Bonchev–Trinajstić information content (AvgIpc) is 2.63. The fraction of sp³-hybridized carbons (Fsp3) is 0.200. The number of halogens is 2. The van der Waals surface area contributed by atoms with Gasteiger partial charge in [0.1, 0.15) is 0 Å². The Balaban J connectivity index is 2.10. The van der Waals surface area contributed by atoms with Crippen molar-refractivity contribution in [3.05, 3.63) is 41.5 Å². The minimum atomic E-state index is -0.767. The molecule has 0 aliphatic carbocycles. The molecule has 0 N–H and O–H groups in total. The van der Waals surface area contributed by atoms with Gasteiger partial charge in [-0.05, 0) is 19.1 Å². The van der Waals surface area contributed by atoms with E-state index in [-0.39, 0.29) is 12.5 Å². The smallest absolute Gasteiger partial charge is 0.264 e. The van der Waals surface area contributed by atoms with Crippen molar-refractivity contribution in [1.82, 2.24) is 10.1 Å². The van der Waals surface area contributed by atoms with E-state index in [0.29, 0.717) is 5.82 Å². The van der Waals surface area contributed by atoms with Crippen LogP contribution in [0.3, 0.4) is 0 Å². The van der Waals surface area contributed by atoms with Gasteiger partial charge in [0.15, 0.2) is 29.8 Å². The molecule has 1 aromatic carbocycles. The second kappa shape index (κ2) is 4.26. The second-order valence-corrected chi connectivity index (χ2v) is 3.07. The van der Waals surface area contributed by atoms with Crippen molar-refractivity contribution in [2.45, 2.75) is 13.5 Å². The number of ether oxygens (including phenoxy) is 1. The monoisotopic (exact) mass is 226 g/mol. The fourth-order valence-electron chi connectivity index (χ4n) is 1.15. The summed E-state index contributed by atoms with van der Waals surface area (Å²) in [7, 11) is 0. The van der Waals surface area contributed by atoms with Gasteiger partial charge >= 0.3 is 0 Å². The Morgan fingerprint density at radius 1 is 1.31 bits per heavy atom. The van der Waals surface area contributed by atoms with Crippen LogP contribution in [0.15, 0.2) is 22.7 Å². The molecule has 0 atom stereocenters. The van der Waals surface area contributed by atoms with E-state index in [0.717, 1.165) is 12.1 Å². The predicted octanol–water partition coefficient (Wildman–Crippen LogP) is 2.24. The zero-order chi connectivity index (χ0) is 11.5. The highest BCUT2D eigenvalue weighted by Crippen LogP contribution is 2.21. The molecular weight excluding hydrogens is 218 g/mol. The zero-order valence-electron chi connectivity index (χ0n) is 8.41. The van der Waals surface area contributed by atoms with E-state index < -0.39 is 17.4 Å². The Kier molecular flexibility index (Phi) is 2.80. The number of para-hydroxylation sites is 1. The van der Waals surface area contributed by atoms with Crippen LogP contribution in [0, 0.1) is 18.6 Å². The average molecular weight is 226 g/mol. The first-order valence-electron chi connectivity index (χ1n) is 4.53. The zero-order valence-corrected chi connectivity index (χ0v) is 8.41. The lowest BCUT2D eigenvalue weighted by Gasteiger charge is -2.04. The van der Waals surface area contributed by atoms with Crippen LogP contribution in [0.1, 0.15) is 11.7 Å². The van der Waals surface area contributed by atoms with E-state index >= 15 is 0 Å². The fourth-order valence-corrected chi connectivity index (χ4v) is 1.15. The third kappa shape index (κ3) is 2.16. The molecule has 1 aromatic heterocycles. The van der Waals surface area contributed by atoms with Crippen LogP contribution in [-0.2, 0) is 6.61 Å². The minimum absolute atomic E-state index is 0.167. The minimum Gasteiger partial charge on any atom is -0.478 e. The predicted molar refractivity (Wildman–Crippen MR) is 49.7 cm³/mol. The number of rotatable bonds is 3. The molecule has 2 aromatic rings. The summed E-state index contributed by atoms with van der Waals surface area (Å²) in [6.45, 7) is 1.47. The van der Waals surface area contributed by atoms with Crippen LogP contribution in [0.4, 0.5) is 8.78 Å². The highest BCUT2D eigenvalue weighted by Gasteiger charge is 2.11. The van der Waals surface area contributed by atoms with Crippen molar-refractivity contribution in [3.63, 3.8) is 0 Å². The molecule has 0 bridgehead atoms. The maximum absolute atomic E-state index is 13.1. The van der Waals surface area contributed by atoms with Gasteiger partial charge < -0.3 is 9.26 Å². The molecule has 2 rings (SSSR count). The number of hydrogen-bond donors (Lipinski definition) is 0. The third-order valence-corrected chi connectivity index (χ3v) is 1.83. The van der Waals surface area contributed by atoms with Gasteiger partial charge in [0.05, 0.1) is 0 Å². The highest BCUT2D eigenvalue weighted by molar-refractivity contribution is 5.25. The molecule has 0 unspecified atom stereocenters. The molecule has 0 spiro atoms. The maximum atomic E-state index is 13.1. The molecule has 0 amide bonds. The van der Waals surface area contributed by atoms with Gasteiger partial charge in [0, 0.05) is 0 Å². The highest BCUT2D eigenvalue weighted by atomic mass is 19.1. The summed E-state index contributed by atoms with van der Waals surface area (Å²) in [4.78, 5) is 3.84. The van der Waals surface area contributed by atoms with Crippen molar-refractivity contribution >= 4 is 0 Å². The van der Waals surface area contributed by atoms with Gasteiger partial charge in [0.25, 0.3) is 5.89 Å². The van der Waals surface area contributed by atoms with E-state index in [2.05, 4.69) is 10.1 Å². The van der Waals surface area contributed by atoms with Crippen molar-refractivity contribution in [2.75, 3.05) is 0 Å². The van der Waals surface area contributed by atoms with Gasteiger partial charge in [-0.25, -0.2) is 8.78 Å². The topological polar surface area (TPSA) is 48.2 Å². The number of hydrogen-bond acceptors (Lipinski definition) is 4. The van der Waals surface area contributed by atoms with Crippen LogP contribution in [0.2, 0.25) is 0 Å². The largest absolute Gasteiger partial charge is 0.478 e. The van der Waals surface area contributed by atoms with E-state index in [1.54, 1.807) is 6.92 Å². The van der Waals surface area contributed by atoms with Crippen molar-refractivity contribution in [2.24, 2.45) is 0 Å². The Morgan fingerprint density at radius 3 is 2.56 bits per heavy atom. The van der Waals surface area contributed by atoms with E-state index in [9.17, 15) is 8.78 Å². The Labute approximate surface area is 89.8 Å². The summed E-state index contributed by atoms with van der Waals surface area (Å²) in [6.07, 6.45) is 0. The third-order valence-electron chi connectivity index (χ3n) is 1.83. The van der Waals surface area contributed by atoms with Crippen LogP contribution in [-0.4, -0.2) is 10.1 Å². The van der Waals surface area contributed by atoms with Crippen molar-refractivity contribution in [1.29, 1.82) is 0 Å². The SMILES string of the molecule is Cc1noc(COc2c(F)cccc2F)n1. The summed E-state index contributed by atoms with van der Waals surface area (Å²) in [5, 5.41) is 3.52. The lowest BCUT2D eigenvalue weighted by Crippen LogP contribution is -2.00. The summed E-state index contributed by atoms with van der Waals surface area (Å²) in [5.74, 6) is -1.38. The Bertz CT molecular complexity index is 479. The first-order chi connectivity index (χ1) is 7.66. The molecule has 0 fully saturated rings. The van der Waals surface area contributed by atoms with Gasteiger partial charge in [0.2, 0.25) is 0 Å². The first kappa shape index (κ1) is 10.5. The first-order valence-corrected chi connectivity index (χ1v) is 4.53. The van der Waals surface area contributed by atoms with Crippen LogP contribution in [0.5, 0.6) is 5.75 Å². The van der Waals surface area contributed by atoms with Gasteiger partial charge in [-0.15, -0.1) is 0 Å². The quantitative estimate of drug-likeness (QED) is 0.805. The molecule has 0 aliphatic rings. The van der Waals surface area contributed by atoms with Crippen LogP contribution in [0.25, 0.3) is 0 Å². The molecule has 1 heterocycles. The van der Waals surface area contributed by atoms with Crippen molar-refractivity contribution in [3.8, 4) is 5.75 Å². The van der Waals surface area contributed by atoms with E-state index in [1.807, 2.05) is 0 Å². The normalized spacial score (nSPS) is 10.4. The Morgan fingerprint density at radius 2 is 2.00 bits per heavy atom. The summed E-state index contributed by atoms with van der Waals surface area (Å²) in [6, 6.07) is 3.48. The molecule has 0 saturated carbocycles. The lowest BCUT2D eigenvalue weighted by molar-refractivity contribution is 0.225. The van der Waals surface area contributed by atoms with Crippen molar-refractivity contribution < 1.29 is 18.0 Å². The lowest BCUT2D eigenvalue weighted by atomic mass is 10.3. The Hall–Kier alpha value is -1.98. The molecule has 0 radical (unpaired) electrons. The summed E-state index contributed by atoms with van der Waals surface area (Å²) < 4.78 is 35.9. The van der Waals surface area contributed by atoms with Gasteiger partial charge in [-0.1, -0.05) is 11.2 Å². The summed E-state index contributed by atoms with van der Waals surface area (Å²) >= 11 is 0. The number of aryl methyl sites for hydroxylation is 1. The molecule has 84 valence electrons. The summed E-state index contributed by atoms with van der Waals surface area (Å²) in [5.41, 5.74) is 0. The second-order valence-electron chi connectivity index (χ2n) is 3.07. The molecule has 6 heteroatoms. The molecule has 4 nitrogen and oxygen atoms in total. The number of aromatic nitrogens is 2. The van der Waals surface area contributed by atoms with E-state index in [1.165, 1.54) is 6.07 Å². The van der Waals surface area contributed by atoms with E-state index in [4.69, 9.17) is 9.26 Å². The molecule has 0 aliphatic heterocycles. The van der Waals surface area contributed by atoms with Gasteiger partial charge in [-0.3, -0.25) is 0 Å². The number of nitrogens with zero attached hydrogens (tertiary/aromatic N) is 2. The standard InChI is InChI=1S/C10H8F2N2O2/c1-6-13-9(16-14-6)5-15-10-7(11)3-2-4-8(10)12/h2-4H,5H2,1H3. The number of benzene rings is 1. The molecular formula is C10H8F2N2O2. The van der Waals surface area contributed by atoms with Crippen LogP contribution < -0.4 is 4.74 Å². The maximum Gasteiger partial charge on any atom is 0.264 e. The van der Waals surface area contributed by atoms with Gasteiger partial charge in [-0.2, -0.15) is 4.98 Å². The molecule has 16 heavy (non-hydrogen) atoms. The van der Waals surface area contributed by atoms with Crippen LogP contribution >= 0.6 is 0 Å².